The summed E-state index contributed by atoms with van der Waals surface area (Å²) in [6, 6.07) is 17.4. The number of nitrogens with zero attached hydrogens (tertiary/aromatic N) is 1. The first-order valence-electron chi connectivity index (χ1n) is 8.90. The van der Waals surface area contributed by atoms with Crippen LogP contribution in [0.1, 0.15) is 36.8 Å². The second-order valence-corrected chi connectivity index (χ2v) is 8.91. The summed E-state index contributed by atoms with van der Waals surface area (Å²) in [6.45, 7) is 2.57. The van der Waals surface area contributed by atoms with Gasteiger partial charge in [-0.2, -0.15) is 4.31 Å². The summed E-state index contributed by atoms with van der Waals surface area (Å²) in [5.41, 5.74) is 3.01. The Kier molecular flexibility index (Phi) is 4.05. The number of hydrogen-bond donors (Lipinski definition) is 0. The molecule has 1 spiro atoms. The second-order valence-electron chi connectivity index (χ2n) is 7.05. The van der Waals surface area contributed by atoms with E-state index < -0.39 is 10.0 Å². The molecule has 0 bridgehead atoms. The van der Waals surface area contributed by atoms with Crippen LogP contribution in [0.2, 0.25) is 0 Å². The molecule has 1 unspecified atom stereocenters. The van der Waals surface area contributed by atoms with Crippen molar-refractivity contribution in [2.45, 2.75) is 43.0 Å². The van der Waals surface area contributed by atoms with Crippen molar-refractivity contribution in [3.8, 4) is 0 Å². The molecule has 2 aromatic rings. The molecule has 25 heavy (non-hydrogen) atoms. The summed E-state index contributed by atoms with van der Waals surface area (Å²) in [4.78, 5) is 0.402. The summed E-state index contributed by atoms with van der Waals surface area (Å²) in [7, 11) is -3.50. The third-order valence-electron chi connectivity index (χ3n) is 5.53. The van der Waals surface area contributed by atoms with Gasteiger partial charge in [0, 0.05) is 6.54 Å². The smallest absolute Gasteiger partial charge is 0.207 e. The molecular formula is C21H23NO2S. The fraction of sp³-hybridized carbons (Fsp3) is 0.333. The van der Waals surface area contributed by atoms with Crippen LogP contribution in [0.3, 0.4) is 0 Å². The summed E-state index contributed by atoms with van der Waals surface area (Å²) in [6.07, 6.45) is 5.86. The van der Waals surface area contributed by atoms with E-state index in [1.165, 1.54) is 5.57 Å². The lowest BCUT2D eigenvalue weighted by Gasteiger charge is -2.37. The van der Waals surface area contributed by atoms with Gasteiger partial charge in [-0.25, -0.2) is 8.42 Å². The first kappa shape index (κ1) is 16.6. The summed E-state index contributed by atoms with van der Waals surface area (Å²) < 4.78 is 28.5. The van der Waals surface area contributed by atoms with Crippen LogP contribution in [0, 0.1) is 6.92 Å². The zero-order valence-electron chi connectivity index (χ0n) is 14.5. The van der Waals surface area contributed by atoms with Crippen LogP contribution in [0.4, 0.5) is 0 Å². The van der Waals surface area contributed by atoms with Crippen molar-refractivity contribution in [1.29, 1.82) is 0 Å². The van der Waals surface area contributed by atoms with Crippen LogP contribution in [-0.2, 0) is 10.0 Å². The molecule has 2 aromatic carbocycles. The fourth-order valence-corrected chi connectivity index (χ4v) is 6.19. The SMILES string of the molecule is Cc1ccc(S(=O)(=O)N2CCCC23CCC=C3c2ccccc2)cc1. The molecule has 1 heterocycles. The average Bonchev–Trinajstić information content (AvgIpc) is 3.24. The van der Waals surface area contributed by atoms with Gasteiger partial charge in [0.15, 0.2) is 0 Å². The van der Waals surface area contributed by atoms with Crippen molar-refractivity contribution < 1.29 is 8.42 Å². The van der Waals surface area contributed by atoms with Crippen molar-refractivity contribution in [3.63, 3.8) is 0 Å². The monoisotopic (exact) mass is 353 g/mol. The molecule has 1 saturated heterocycles. The van der Waals surface area contributed by atoms with Crippen molar-refractivity contribution in [2.75, 3.05) is 6.54 Å². The fourth-order valence-electron chi connectivity index (χ4n) is 4.34. The van der Waals surface area contributed by atoms with Gasteiger partial charge in [-0.1, -0.05) is 54.1 Å². The molecule has 1 atom stereocenters. The minimum Gasteiger partial charge on any atom is -0.207 e. The van der Waals surface area contributed by atoms with E-state index in [9.17, 15) is 8.42 Å². The minimum atomic E-state index is -3.50. The lowest BCUT2D eigenvalue weighted by Crippen LogP contribution is -2.46. The van der Waals surface area contributed by atoms with E-state index >= 15 is 0 Å². The molecule has 4 heteroatoms. The van der Waals surface area contributed by atoms with Gasteiger partial charge in [-0.3, -0.25) is 0 Å². The summed E-state index contributed by atoms with van der Waals surface area (Å²) >= 11 is 0. The number of rotatable bonds is 3. The molecule has 4 rings (SSSR count). The normalized spacial score (nSPS) is 24.0. The molecule has 2 aliphatic rings. The van der Waals surface area contributed by atoms with Gasteiger partial charge in [0.1, 0.15) is 0 Å². The molecule has 0 saturated carbocycles. The first-order valence-corrected chi connectivity index (χ1v) is 10.3. The Morgan fingerprint density at radius 1 is 0.960 bits per heavy atom. The number of hydrogen-bond acceptors (Lipinski definition) is 2. The van der Waals surface area contributed by atoms with E-state index in [1.807, 2.05) is 37.3 Å². The Labute approximate surface area is 150 Å². The van der Waals surface area contributed by atoms with Crippen LogP contribution in [0.5, 0.6) is 0 Å². The van der Waals surface area contributed by atoms with Gasteiger partial charge in [-0.15, -0.1) is 0 Å². The topological polar surface area (TPSA) is 37.4 Å². The highest BCUT2D eigenvalue weighted by molar-refractivity contribution is 7.89. The minimum absolute atomic E-state index is 0.384. The predicted octanol–water partition coefficient (Wildman–Crippen LogP) is 4.40. The lowest BCUT2D eigenvalue weighted by molar-refractivity contribution is 0.309. The van der Waals surface area contributed by atoms with Crippen molar-refractivity contribution >= 4 is 15.6 Å². The lowest BCUT2D eigenvalue weighted by atomic mass is 9.85. The van der Waals surface area contributed by atoms with Gasteiger partial charge < -0.3 is 0 Å². The van der Waals surface area contributed by atoms with Crippen LogP contribution in [-0.4, -0.2) is 24.8 Å². The van der Waals surface area contributed by atoms with E-state index in [2.05, 4.69) is 18.2 Å². The Morgan fingerprint density at radius 3 is 2.40 bits per heavy atom. The first-order chi connectivity index (χ1) is 12.0. The highest BCUT2D eigenvalue weighted by atomic mass is 32.2. The molecule has 1 aliphatic heterocycles. The average molecular weight is 353 g/mol. The highest BCUT2D eigenvalue weighted by Crippen LogP contribution is 2.50. The number of allylic oxidation sites excluding steroid dienone is 1. The van der Waals surface area contributed by atoms with Crippen molar-refractivity contribution in [3.05, 3.63) is 71.8 Å². The summed E-state index contributed by atoms with van der Waals surface area (Å²) in [5, 5.41) is 0. The quantitative estimate of drug-likeness (QED) is 0.820. The molecular weight excluding hydrogens is 330 g/mol. The molecule has 0 radical (unpaired) electrons. The van der Waals surface area contributed by atoms with Crippen molar-refractivity contribution in [1.82, 2.24) is 4.31 Å². The maximum Gasteiger partial charge on any atom is 0.243 e. The van der Waals surface area contributed by atoms with E-state index in [0.29, 0.717) is 11.4 Å². The van der Waals surface area contributed by atoms with E-state index in [-0.39, 0.29) is 5.54 Å². The number of sulfonamides is 1. The van der Waals surface area contributed by atoms with Crippen LogP contribution in [0.25, 0.3) is 5.57 Å². The second kappa shape index (κ2) is 6.11. The van der Waals surface area contributed by atoms with Gasteiger partial charge >= 0.3 is 0 Å². The maximum atomic E-state index is 13.4. The molecule has 130 valence electrons. The predicted molar refractivity (Wildman–Crippen MR) is 101 cm³/mol. The largest absolute Gasteiger partial charge is 0.243 e. The van der Waals surface area contributed by atoms with E-state index in [4.69, 9.17) is 0 Å². The van der Waals surface area contributed by atoms with Crippen LogP contribution in [0.15, 0.2) is 65.6 Å². The van der Waals surface area contributed by atoms with Gasteiger partial charge in [0.2, 0.25) is 10.0 Å². The van der Waals surface area contributed by atoms with Crippen LogP contribution >= 0.6 is 0 Å². The molecule has 1 fully saturated rings. The maximum absolute atomic E-state index is 13.4. The Hall–Kier alpha value is -1.91. The molecule has 3 nitrogen and oxygen atoms in total. The summed E-state index contributed by atoms with van der Waals surface area (Å²) in [5.74, 6) is 0. The number of aryl methyl sites for hydroxylation is 1. The molecule has 1 aliphatic carbocycles. The third kappa shape index (κ3) is 2.64. The Balaban J connectivity index is 1.78. The number of benzene rings is 2. The molecule has 0 N–H and O–H groups in total. The Morgan fingerprint density at radius 2 is 1.68 bits per heavy atom. The zero-order chi connectivity index (χ0) is 17.5. The standard InChI is InChI=1S/C21H23NO2S/c1-17-10-12-19(13-11-17)25(23,24)22-16-6-15-21(22)14-5-9-20(21)18-7-3-2-4-8-18/h2-4,7-13H,5-6,14-16H2,1H3. The van der Waals surface area contributed by atoms with E-state index in [1.54, 1.807) is 16.4 Å². The molecule has 0 aromatic heterocycles. The van der Waals surface area contributed by atoms with Crippen molar-refractivity contribution in [2.24, 2.45) is 0 Å². The van der Waals surface area contributed by atoms with E-state index in [0.717, 1.165) is 36.8 Å². The van der Waals surface area contributed by atoms with Gasteiger partial charge in [0.25, 0.3) is 0 Å². The zero-order valence-corrected chi connectivity index (χ0v) is 15.3. The van der Waals surface area contributed by atoms with Gasteiger partial charge in [-0.05, 0) is 55.9 Å². The van der Waals surface area contributed by atoms with Crippen LogP contribution < -0.4 is 0 Å². The highest BCUT2D eigenvalue weighted by Gasteiger charge is 2.51. The van der Waals surface area contributed by atoms with Gasteiger partial charge in [0.05, 0.1) is 10.4 Å². The molecule has 0 amide bonds. The third-order valence-corrected chi connectivity index (χ3v) is 7.51. The Bertz CT molecular complexity index is 901.